The van der Waals surface area contributed by atoms with Gasteiger partial charge in [0, 0.05) is 55.1 Å². The molecule has 1 aromatic heterocycles. The lowest BCUT2D eigenvalue weighted by Crippen LogP contribution is -2.60. The predicted octanol–water partition coefficient (Wildman–Crippen LogP) is 3.83. The molecule has 1 aliphatic carbocycles. The van der Waals surface area contributed by atoms with E-state index in [9.17, 15) is 9.59 Å². The van der Waals surface area contributed by atoms with Gasteiger partial charge in [-0.25, -0.2) is 0 Å². The highest BCUT2D eigenvalue weighted by Crippen LogP contribution is 2.42. The highest BCUT2D eigenvalue weighted by Gasteiger charge is 2.59. The van der Waals surface area contributed by atoms with Crippen LogP contribution < -0.4 is 0 Å². The van der Waals surface area contributed by atoms with E-state index in [1.54, 1.807) is 42.6 Å². The van der Waals surface area contributed by atoms with Crippen LogP contribution in [-0.2, 0) is 12.1 Å². The molecule has 0 saturated carbocycles. The Kier molecular flexibility index (Phi) is 5.18. The molecule has 0 spiro atoms. The van der Waals surface area contributed by atoms with Gasteiger partial charge in [-0.05, 0) is 23.8 Å². The van der Waals surface area contributed by atoms with Gasteiger partial charge in [-0.3, -0.25) is 24.4 Å². The molecule has 1 aliphatic heterocycles. The van der Waals surface area contributed by atoms with Crippen molar-refractivity contribution in [3.63, 3.8) is 0 Å². The van der Waals surface area contributed by atoms with Gasteiger partial charge in [0.1, 0.15) is 0 Å². The van der Waals surface area contributed by atoms with E-state index in [1.165, 1.54) is 0 Å². The number of hydrogen-bond donors (Lipinski definition) is 0. The van der Waals surface area contributed by atoms with Crippen molar-refractivity contribution in [2.75, 3.05) is 26.2 Å². The third-order valence-corrected chi connectivity index (χ3v) is 6.68. The number of fused-ring (bicyclic) bond motifs is 1. The van der Waals surface area contributed by atoms with Crippen molar-refractivity contribution in [3.8, 4) is 0 Å². The van der Waals surface area contributed by atoms with Gasteiger partial charge in [0.2, 0.25) is 0 Å². The second-order valence-corrected chi connectivity index (χ2v) is 8.39. The number of nitrogens with zero attached hydrogens (tertiary/aromatic N) is 3. The molecule has 0 amide bonds. The Morgan fingerprint density at radius 2 is 1.42 bits per heavy atom. The monoisotopic (exact) mass is 431 g/mol. The van der Waals surface area contributed by atoms with Gasteiger partial charge in [-0.15, -0.1) is 0 Å². The number of aromatic nitrogens is 1. The van der Waals surface area contributed by atoms with Crippen LogP contribution in [0.15, 0.2) is 72.9 Å². The number of piperazine rings is 1. The molecule has 31 heavy (non-hydrogen) atoms. The van der Waals surface area contributed by atoms with E-state index in [0.717, 1.165) is 30.2 Å². The number of benzene rings is 2. The van der Waals surface area contributed by atoms with E-state index in [-0.39, 0.29) is 11.6 Å². The largest absolute Gasteiger partial charge is 0.296 e. The Morgan fingerprint density at radius 1 is 0.806 bits per heavy atom. The number of rotatable bonds is 4. The van der Waals surface area contributed by atoms with E-state index < -0.39 is 5.54 Å². The van der Waals surface area contributed by atoms with Crippen LogP contribution in [0, 0.1) is 0 Å². The fourth-order valence-electron chi connectivity index (χ4n) is 4.74. The quantitative estimate of drug-likeness (QED) is 0.588. The fourth-order valence-corrected chi connectivity index (χ4v) is 4.94. The van der Waals surface area contributed by atoms with Crippen LogP contribution >= 0.6 is 11.6 Å². The number of hydrogen-bond acceptors (Lipinski definition) is 5. The maximum absolute atomic E-state index is 13.7. The van der Waals surface area contributed by atoms with Crippen LogP contribution in [0.25, 0.3) is 0 Å². The fraction of sp³-hybridized carbons (Fsp3) is 0.240. The van der Waals surface area contributed by atoms with Crippen molar-refractivity contribution >= 4 is 23.2 Å². The van der Waals surface area contributed by atoms with Crippen molar-refractivity contribution in [1.82, 2.24) is 14.8 Å². The number of halogens is 1. The Balaban J connectivity index is 1.46. The van der Waals surface area contributed by atoms with Crippen LogP contribution in [0.2, 0.25) is 5.02 Å². The molecule has 2 aromatic carbocycles. The SMILES string of the molecule is O=C1c2ccccc2C(=O)C1(c1ccccn1)N1CCN(Cc2ccccc2Cl)CC1. The standard InChI is InChI=1S/C25H22ClN3O2/c26-21-10-4-1-7-18(21)17-28-13-15-29(16-14-28)25(22-11-5-6-12-27-22)23(30)19-8-2-3-9-20(19)24(25)31/h1-12H,13-17H2. The Bertz CT molecular complexity index is 1110. The third-order valence-electron chi connectivity index (χ3n) is 6.31. The van der Waals surface area contributed by atoms with E-state index in [0.29, 0.717) is 29.9 Å². The Hall–Kier alpha value is -2.86. The van der Waals surface area contributed by atoms with Gasteiger partial charge in [0.25, 0.3) is 0 Å². The molecule has 1 saturated heterocycles. The molecule has 0 atom stereocenters. The zero-order valence-electron chi connectivity index (χ0n) is 17.0. The van der Waals surface area contributed by atoms with Crippen molar-refractivity contribution in [2.45, 2.75) is 12.1 Å². The average molecular weight is 432 g/mol. The lowest BCUT2D eigenvalue weighted by Gasteiger charge is -2.43. The average Bonchev–Trinajstić information content (AvgIpc) is 3.04. The van der Waals surface area contributed by atoms with Crippen molar-refractivity contribution in [2.24, 2.45) is 0 Å². The highest BCUT2D eigenvalue weighted by atomic mass is 35.5. The Morgan fingerprint density at radius 3 is 2.03 bits per heavy atom. The number of carbonyl (C=O) groups is 2. The van der Waals surface area contributed by atoms with Gasteiger partial charge < -0.3 is 0 Å². The summed E-state index contributed by atoms with van der Waals surface area (Å²) in [5.41, 5.74) is 1.16. The lowest BCUT2D eigenvalue weighted by atomic mass is 9.85. The number of pyridine rings is 1. The first kappa shape index (κ1) is 20.1. The molecule has 0 N–H and O–H groups in total. The number of ketones is 2. The summed E-state index contributed by atoms with van der Waals surface area (Å²) < 4.78 is 0. The molecule has 156 valence electrons. The van der Waals surface area contributed by atoms with Gasteiger partial charge in [0.15, 0.2) is 17.1 Å². The molecule has 2 heterocycles. The summed E-state index contributed by atoms with van der Waals surface area (Å²) in [6, 6.07) is 20.4. The molecule has 3 aromatic rings. The maximum atomic E-state index is 13.7. The minimum atomic E-state index is -1.39. The number of Topliss-reactive ketones (excluding diaryl/α,β-unsaturated/α-hetero) is 2. The smallest absolute Gasteiger partial charge is 0.198 e. The maximum Gasteiger partial charge on any atom is 0.198 e. The normalized spacial score (nSPS) is 18.9. The third kappa shape index (κ3) is 3.21. The summed E-state index contributed by atoms with van der Waals surface area (Å²) in [5.74, 6) is -0.349. The molecule has 5 rings (SSSR count). The summed E-state index contributed by atoms with van der Waals surface area (Å²) in [6.07, 6.45) is 1.65. The number of carbonyl (C=O) groups excluding carboxylic acids is 2. The lowest BCUT2D eigenvalue weighted by molar-refractivity contribution is 0.0267. The van der Waals surface area contributed by atoms with Crippen LogP contribution in [-0.4, -0.2) is 52.5 Å². The van der Waals surface area contributed by atoms with Gasteiger partial charge >= 0.3 is 0 Å². The summed E-state index contributed by atoms with van der Waals surface area (Å²) in [6.45, 7) is 3.39. The van der Waals surface area contributed by atoms with E-state index in [2.05, 4.69) is 9.88 Å². The van der Waals surface area contributed by atoms with Crippen molar-refractivity contribution < 1.29 is 9.59 Å². The Labute approximate surface area is 186 Å². The van der Waals surface area contributed by atoms with E-state index in [4.69, 9.17) is 11.6 Å². The van der Waals surface area contributed by atoms with Gasteiger partial charge in [-0.1, -0.05) is 60.1 Å². The van der Waals surface area contributed by atoms with Crippen molar-refractivity contribution in [1.29, 1.82) is 0 Å². The van der Waals surface area contributed by atoms with Gasteiger partial charge in [0.05, 0.1) is 5.69 Å². The zero-order valence-corrected chi connectivity index (χ0v) is 17.8. The van der Waals surface area contributed by atoms with Crippen LogP contribution in [0.3, 0.4) is 0 Å². The molecule has 1 fully saturated rings. The second-order valence-electron chi connectivity index (χ2n) is 7.98. The van der Waals surface area contributed by atoms with Crippen molar-refractivity contribution in [3.05, 3.63) is 100 Å². The predicted molar refractivity (Wildman–Crippen MR) is 119 cm³/mol. The molecule has 5 nitrogen and oxygen atoms in total. The first-order valence-corrected chi connectivity index (χ1v) is 10.8. The van der Waals surface area contributed by atoms with Crippen LogP contribution in [0.1, 0.15) is 32.0 Å². The summed E-state index contributed by atoms with van der Waals surface area (Å²) in [5, 5.41) is 0.756. The minimum Gasteiger partial charge on any atom is -0.296 e. The highest BCUT2D eigenvalue weighted by molar-refractivity contribution is 6.32. The summed E-state index contributed by atoms with van der Waals surface area (Å²) in [7, 11) is 0. The van der Waals surface area contributed by atoms with E-state index >= 15 is 0 Å². The first-order chi connectivity index (χ1) is 15.1. The van der Waals surface area contributed by atoms with Crippen LogP contribution in [0.4, 0.5) is 0 Å². The van der Waals surface area contributed by atoms with E-state index in [1.807, 2.05) is 35.2 Å². The topological polar surface area (TPSA) is 53.5 Å². The molecular formula is C25H22ClN3O2. The molecule has 6 heteroatoms. The molecule has 0 unspecified atom stereocenters. The van der Waals surface area contributed by atoms with Gasteiger partial charge in [-0.2, -0.15) is 0 Å². The van der Waals surface area contributed by atoms with Crippen LogP contribution in [0.5, 0.6) is 0 Å². The zero-order chi connectivity index (χ0) is 21.4. The summed E-state index contributed by atoms with van der Waals surface area (Å²) in [4.78, 5) is 36.2. The second kappa shape index (κ2) is 8.00. The molecule has 0 radical (unpaired) electrons. The molecular weight excluding hydrogens is 410 g/mol. The molecule has 2 aliphatic rings. The minimum absolute atomic E-state index is 0.175. The first-order valence-electron chi connectivity index (χ1n) is 10.4. The summed E-state index contributed by atoms with van der Waals surface area (Å²) >= 11 is 6.33. The molecule has 0 bridgehead atoms.